The summed E-state index contributed by atoms with van der Waals surface area (Å²) in [5.41, 5.74) is 2.70. The van der Waals surface area contributed by atoms with Crippen molar-refractivity contribution in [3.63, 3.8) is 0 Å². The highest BCUT2D eigenvalue weighted by Gasteiger charge is 2.21. The molecule has 3 heteroatoms. The smallest absolute Gasteiger partial charge is 0.124 e. The Hall–Kier alpha value is -2.36. The summed E-state index contributed by atoms with van der Waals surface area (Å²) in [7, 11) is 0. The van der Waals surface area contributed by atoms with Crippen molar-refractivity contribution in [2.75, 3.05) is 0 Å². The molecule has 3 heterocycles. The first-order chi connectivity index (χ1) is 11.9. The van der Waals surface area contributed by atoms with Crippen LogP contribution in [0.5, 0.6) is 0 Å². The summed E-state index contributed by atoms with van der Waals surface area (Å²) in [6, 6.07) is 22.0. The molecule has 0 atom stereocenters. The van der Waals surface area contributed by atoms with E-state index in [0.717, 1.165) is 4.83 Å². The zero-order valence-electron chi connectivity index (χ0n) is 12.6. The van der Waals surface area contributed by atoms with Gasteiger partial charge in [0.15, 0.2) is 0 Å². The van der Waals surface area contributed by atoms with Gasteiger partial charge in [0.25, 0.3) is 0 Å². The molecule has 112 valence electrons. The standard InChI is InChI=1S/C21H11NS2/c1-2-8-16-12(5-1)15-11-18-19(14-7-4-10-22-21(14)24-18)13-6-3-9-17(23-16)20(13)15/h1-11H. The van der Waals surface area contributed by atoms with Crippen LogP contribution in [0.1, 0.15) is 0 Å². The van der Waals surface area contributed by atoms with Crippen molar-refractivity contribution in [3.8, 4) is 11.1 Å². The molecular formula is C21H11NS2. The summed E-state index contributed by atoms with van der Waals surface area (Å²) < 4.78 is 1.32. The largest absolute Gasteiger partial charge is 0.245 e. The van der Waals surface area contributed by atoms with Gasteiger partial charge >= 0.3 is 0 Å². The number of rotatable bonds is 0. The second-order valence-corrected chi connectivity index (χ2v) is 8.15. The highest BCUT2D eigenvalue weighted by atomic mass is 32.2. The van der Waals surface area contributed by atoms with E-state index in [9.17, 15) is 0 Å². The molecule has 0 saturated heterocycles. The Bertz CT molecular complexity index is 1280. The van der Waals surface area contributed by atoms with Gasteiger partial charge in [-0.05, 0) is 46.8 Å². The van der Waals surface area contributed by atoms with Crippen LogP contribution in [-0.4, -0.2) is 4.98 Å². The molecule has 0 aliphatic carbocycles. The van der Waals surface area contributed by atoms with Crippen molar-refractivity contribution in [1.82, 2.24) is 4.98 Å². The molecule has 0 spiro atoms. The van der Waals surface area contributed by atoms with E-state index in [1.165, 1.54) is 47.2 Å². The van der Waals surface area contributed by atoms with Gasteiger partial charge in [0, 0.05) is 36.8 Å². The Labute approximate surface area is 147 Å². The Morgan fingerprint density at radius 3 is 2.58 bits per heavy atom. The SMILES string of the molecule is c1ccc2c(c1)Sc1cccc3c1c-2cc1sc2ncccc2c13. The summed E-state index contributed by atoms with van der Waals surface area (Å²) in [6.07, 6.45) is 1.88. The molecule has 0 saturated carbocycles. The average Bonchev–Trinajstić information content (AvgIpc) is 3.00. The van der Waals surface area contributed by atoms with Crippen molar-refractivity contribution in [2.45, 2.75) is 9.79 Å². The second-order valence-electron chi connectivity index (χ2n) is 6.03. The highest BCUT2D eigenvalue weighted by molar-refractivity contribution is 7.99. The fraction of sp³-hybridized carbons (Fsp3) is 0. The number of nitrogens with zero attached hydrogens (tertiary/aromatic N) is 1. The van der Waals surface area contributed by atoms with Crippen LogP contribution >= 0.6 is 23.1 Å². The molecule has 0 radical (unpaired) electrons. The molecule has 24 heavy (non-hydrogen) atoms. The highest BCUT2D eigenvalue weighted by Crippen LogP contribution is 2.51. The number of hydrogen-bond acceptors (Lipinski definition) is 3. The zero-order valence-corrected chi connectivity index (χ0v) is 14.2. The third kappa shape index (κ3) is 1.58. The van der Waals surface area contributed by atoms with E-state index in [2.05, 4.69) is 59.6 Å². The van der Waals surface area contributed by atoms with Crippen LogP contribution in [0.15, 0.2) is 76.7 Å². The molecule has 1 aliphatic heterocycles. The van der Waals surface area contributed by atoms with Gasteiger partial charge in [-0.1, -0.05) is 42.1 Å². The van der Waals surface area contributed by atoms with Crippen LogP contribution in [-0.2, 0) is 0 Å². The average molecular weight is 341 g/mol. The molecule has 0 bridgehead atoms. The Morgan fingerprint density at radius 1 is 0.708 bits per heavy atom. The summed E-state index contributed by atoms with van der Waals surface area (Å²) >= 11 is 3.67. The van der Waals surface area contributed by atoms with Crippen molar-refractivity contribution in [3.05, 3.63) is 66.9 Å². The van der Waals surface area contributed by atoms with Crippen molar-refractivity contribution in [2.24, 2.45) is 0 Å². The van der Waals surface area contributed by atoms with Crippen molar-refractivity contribution >= 4 is 54.2 Å². The predicted molar refractivity (Wildman–Crippen MR) is 104 cm³/mol. The minimum atomic E-state index is 1.12. The molecule has 5 aromatic rings. The van der Waals surface area contributed by atoms with E-state index in [4.69, 9.17) is 0 Å². The Balaban J connectivity index is 1.91. The van der Waals surface area contributed by atoms with Crippen LogP contribution in [0.3, 0.4) is 0 Å². The molecule has 0 fully saturated rings. The van der Waals surface area contributed by atoms with Crippen molar-refractivity contribution < 1.29 is 0 Å². The minimum Gasteiger partial charge on any atom is -0.245 e. The van der Waals surface area contributed by atoms with Crippen LogP contribution in [0.25, 0.3) is 42.2 Å². The maximum Gasteiger partial charge on any atom is 0.124 e. The van der Waals surface area contributed by atoms with Crippen LogP contribution in [0.2, 0.25) is 0 Å². The molecule has 1 nitrogen and oxygen atoms in total. The lowest BCUT2D eigenvalue weighted by Crippen LogP contribution is -1.92. The third-order valence-corrected chi connectivity index (χ3v) is 6.93. The van der Waals surface area contributed by atoms with Gasteiger partial charge in [-0.3, -0.25) is 0 Å². The first kappa shape index (κ1) is 13.0. The van der Waals surface area contributed by atoms with E-state index in [-0.39, 0.29) is 0 Å². The first-order valence-corrected chi connectivity index (χ1v) is 9.54. The lowest BCUT2D eigenvalue weighted by atomic mass is 9.95. The summed E-state index contributed by atoms with van der Waals surface area (Å²) in [5.74, 6) is 0. The van der Waals surface area contributed by atoms with Crippen LogP contribution in [0.4, 0.5) is 0 Å². The van der Waals surface area contributed by atoms with Crippen LogP contribution in [0, 0.1) is 0 Å². The zero-order chi connectivity index (χ0) is 15.7. The number of aromatic nitrogens is 1. The van der Waals surface area contributed by atoms with Gasteiger partial charge in [-0.2, -0.15) is 0 Å². The lowest BCUT2D eigenvalue weighted by Gasteiger charge is -2.20. The molecule has 0 N–H and O–H groups in total. The molecule has 1 aliphatic rings. The van der Waals surface area contributed by atoms with Gasteiger partial charge in [0.05, 0.1) is 0 Å². The molecule has 0 unspecified atom stereocenters. The van der Waals surface area contributed by atoms with E-state index >= 15 is 0 Å². The van der Waals surface area contributed by atoms with E-state index in [1.54, 1.807) is 11.3 Å². The fourth-order valence-electron chi connectivity index (χ4n) is 3.74. The maximum atomic E-state index is 4.58. The second kappa shape index (κ2) is 4.59. The number of thiophene rings is 1. The van der Waals surface area contributed by atoms with Gasteiger partial charge < -0.3 is 0 Å². The quantitative estimate of drug-likeness (QED) is 0.304. The van der Waals surface area contributed by atoms with Gasteiger partial charge in [-0.15, -0.1) is 11.3 Å². The number of benzene rings is 3. The Morgan fingerprint density at radius 2 is 1.58 bits per heavy atom. The monoisotopic (exact) mass is 341 g/mol. The third-order valence-electron chi connectivity index (χ3n) is 4.73. The molecule has 0 amide bonds. The number of fused-ring (bicyclic) bond motifs is 6. The molecule has 2 aromatic heterocycles. The summed E-state index contributed by atoms with van der Waals surface area (Å²) in [5, 5.41) is 5.35. The van der Waals surface area contributed by atoms with Gasteiger partial charge in [-0.25, -0.2) is 4.98 Å². The maximum absolute atomic E-state index is 4.58. The lowest BCUT2D eigenvalue weighted by molar-refractivity contribution is 1.40. The molecule has 6 rings (SSSR count). The van der Waals surface area contributed by atoms with Gasteiger partial charge in [0.1, 0.15) is 4.83 Å². The number of hydrogen-bond donors (Lipinski definition) is 0. The number of pyridine rings is 1. The summed E-state index contributed by atoms with van der Waals surface area (Å²) in [6.45, 7) is 0. The van der Waals surface area contributed by atoms with Crippen molar-refractivity contribution in [1.29, 1.82) is 0 Å². The first-order valence-electron chi connectivity index (χ1n) is 7.90. The Kier molecular flexibility index (Phi) is 2.49. The van der Waals surface area contributed by atoms with Gasteiger partial charge in [0.2, 0.25) is 0 Å². The minimum absolute atomic E-state index is 1.12. The predicted octanol–water partition coefficient (Wildman–Crippen LogP) is 6.73. The topological polar surface area (TPSA) is 12.9 Å². The molecular weight excluding hydrogens is 330 g/mol. The fourth-order valence-corrected chi connectivity index (χ4v) is 5.99. The molecule has 3 aromatic carbocycles. The normalized spacial score (nSPS) is 12.8. The van der Waals surface area contributed by atoms with Crippen LogP contribution < -0.4 is 0 Å². The van der Waals surface area contributed by atoms with E-state index < -0.39 is 0 Å². The van der Waals surface area contributed by atoms with E-state index in [1.807, 2.05) is 24.0 Å². The van der Waals surface area contributed by atoms with E-state index in [0.29, 0.717) is 0 Å². The summed E-state index contributed by atoms with van der Waals surface area (Å²) in [4.78, 5) is 8.39.